The first-order chi connectivity index (χ1) is 9.49. The number of carbonyl (C=O) groups excluding carboxylic acids is 1. The topological polar surface area (TPSA) is 44.4 Å². The molecule has 1 unspecified atom stereocenters. The molecule has 1 amide bonds. The monoisotopic (exact) mass is 281 g/mol. The summed E-state index contributed by atoms with van der Waals surface area (Å²) in [6.07, 6.45) is -1.51. The minimum absolute atomic E-state index is 0.608. The molecule has 0 aliphatic heterocycles. The van der Waals surface area contributed by atoms with Crippen LogP contribution >= 0.6 is 0 Å². The van der Waals surface area contributed by atoms with Crippen LogP contribution in [-0.2, 0) is 4.79 Å². The van der Waals surface area contributed by atoms with E-state index in [0.717, 1.165) is 30.9 Å². The molecule has 0 saturated carbocycles. The average Bonchev–Trinajstić information content (AvgIpc) is 2.42. The van der Waals surface area contributed by atoms with Crippen molar-refractivity contribution in [3.63, 3.8) is 0 Å². The van der Waals surface area contributed by atoms with Crippen LogP contribution in [-0.4, -0.2) is 38.8 Å². The molecule has 4 nitrogen and oxygen atoms in total. The van der Waals surface area contributed by atoms with Crippen molar-refractivity contribution in [1.29, 1.82) is 0 Å². The smallest absolute Gasteiger partial charge is 0.258 e. The summed E-state index contributed by atoms with van der Waals surface area (Å²) in [5, 5.41) is 5.74. The molecule has 1 aromatic carbocycles. The van der Waals surface area contributed by atoms with E-state index in [1.54, 1.807) is 0 Å². The van der Waals surface area contributed by atoms with Gasteiger partial charge in [-0.05, 0) is 45.5 Å². The number of hydrogen-bond donors (Lipinski definition) is 2. The van der Waals surface area contributed by atoms with E-state index in [-0.39, 0.29) is 0 Å². The van der Waals surface area contributed by atoms with Gasteiger partial charge >= 0.3 is 0 Å². The fraction of sp³-hybridized carbons (Fsp3) is 0.533. The predicted molar refractivity (Wildman–Crippen MR) is 82.2 cm³/mol. The molecule has 0 heterocycles. The van der Waals surface area contributed by atoms with E-state index in [1.165, 1.54) is 6.92 Å². The molecule has 0 bridgehead atoms. The summed E-state index contributed by atoms with van der Waals surface area (Å²) < 4.78 is 13.0. The minimum atomic E-state index is -1.51. The van der Waals surface area contributed by atoms with Crippen molar-refractivity contribution in [3.05, 3.63) is 23.8 Å². The second-order valence-corrected chi connectivity index (χ2v) is 4.79. The number of nitrogens with one attached hydrogen (secondary N) is 2. The number of likely N-dealkylation sites (N-methyl/N-ethyl adjacent to an activating group) is 2. The van der Waals surface area contributed by atoms with Crippen molar-refractivity contribution in [1.82, 2.24) is 5.32 Å². The van der Waals surface area contributed by atoms with E-state index in [2.05, 4.69) is 22.5 Å². The lowest BCUT2D eigenvalue weighted by Gasteiger charge is -2.24. The molecule has 20 heavy (non-hydrogen) atoms. The van der Waals surface area contributed by atoms with Gasteiger partial charge in [0.2, 0.25) is 0 Å². The summed E-state index contributed by atoms with van der Waals surface area (Å²) in [4.78, 5) is 13.7. The van der Waals surface area contributed by atoms with Gasteiger partial charge in [-0.1, -0.05) is 6.07 Å². The van der Waals surface area contributed by atoms with Crippen molar-refractivity contribution < 1.29 is 9.18 Å². The molecule has 1 rings (SSSR count). The SMILES string of the molecule is CCN(CCNC)c1ccc(C)c(NC(=O)C(C)F)c1. The second-order valence-electron chi connectivity index (χ2n) is 4.79. The lowest BCUT2D eigenvalue weighted by Crippen LogP contribution is -2.30. The molecule has 0 aromatic heterocycles. The Balaban J connectivity index is 2.91. The van der Waals surface area contributed by atoms with E-state index < -0.39 is 12.1 Å². The molecular weight excluding hydrogens is 257 g/mol. The van der Waals surface area contributed by atoms with Gasteiger partial charge in [0.15, 0.2) is 6.17 Å². The zero-order chi connectivity index (χ0) is 15.1. The van der Waals surface area contributed by atoms with Crippen LogP contribution in [0, 0.1) is 6.92 Å². The van der Waals surface area contributed by atoms with Gasteiger partial charge < -0.3 is 15.5 Å². The fourth-order valence-electron chi connectivity index (χ4n) is 1.89. The van der Waals surface area contributed by atoms with Crippen LogP contribution in [0.5, 0.6) is 0 Å². The standard InChI is InChI=1S/C15H24FN3O/c1-5-19(9-8-17-4)13-7-6-11(2)14(10-13)18-15(20)12(3)16/h6-7,10,12,17H,5,8-9H2,1-4H3,(H,18,20). The van der Waals surface area contributed by atoms with Gasteiger partial charge in [-0.2, -0.15) is 0 Å². The molecule has 0 spiro atoms. The Bertz CT molecular complexity index is 449. The molecule has 2 N–H and O–H groups in total. The molecule has 5 heteroatoms. The Labute approximate surface area is 120 Å². The Morgan fingerprint density at radius 2 is 2.15 bits per heavy atom. The molecule has 1 atom stereocenters. The quantitative estimate of drug-likeness (QED) is 0.806. The van der Waals surface area contributed by atoms with Crippen LogP contribution in [0.3, 0.4) is 0 Å². The largest absolute Gasteiger partial charge is 0.370 e. The number of rotatable bonds is 7. The highest BCUT2D eigenvalue weighted by Gasteiger charge is 2.13. The molecule has 1 aromatic rings. The molecule has 0 fully saturated rings. The third-order valence-corrected chi connectivity index (χ3v) is 3.22. The number of halogens is 1. The number of aryl methyl sites for hydroxylation is 1. The molecule has 0 aliphatic carbocycles. The Hall–Kier alpha value is -1.62. The van der Waals surface area contributed by atoms with Crippen LogP contribution in [0.15, 0.2) is 18.2 Å². The van der Waals surface area contributed by atoms with Crippen molar-refractivity contribution in [2.75, 3.05) is 36.9 Å². The van der Waals surface area contributed by atoms with Crippen LogP contribution in [0.1, 0.15) is 19.4 Å². The van der Waals surface area contributed by atoms with Crippen LogP contribution in [0.25, 0.3) is 0 Å². The van der Waals surface area contributed by atoms with Gasteiger partial charge in [0.05, 0.1) is 0 Å². The van der Waals surface area contributed by atoms with Gasteiger partial charge in [0.25, 0.3) is 5.91 Å². The van der Waals surface area contributed by atoms with E-state index in [0.29, 0.717) is 5.69 Å². The Morgan fingerprint density at radius 1 is 1.45 bits per heavy atom. The summed E-state index contributed by atoms with van der Waals surface area (Å²) in [7, 11) is 1.91. The number of benzene rings is 1. The molecular formula is C15H24FN3O. The maximum absolute atomic E-state index is 13.0. The fourth-order valence-corrected chi connectivity index (χ4v) is 1.89. The zero-order valence-electron chi connectivity index (χ0n) is 12.7. The lowest BCUT2D eigenvalue weighted by molar-refractivity contribution is -0.120. The lowest BCUT2D eigenvalue weighted by atomic mass is 10.1. The third kappa shape index (κ3) is 4.49. The average molecular weight is 281 g/mol. The Morgan fingerprint density at radius 3 is 2.70 bits per heavy atom. The number of carbonyl (C=O) groups is 1. The van der Waals surface area contributed by atoms with E-state index in [1.807, 2.05) is 32.2 Å². The van der Waals surface area contributed by atoms with Gasteiger partial charge in [0, 0.05) is 31.0 Å². The first-order valence-electron chi connectivity index (χ1n) is 6.94. The van der Waals surface area contributed by atoms with E-state index in [9.17, 15) is 9.18 Å². The van der Waals surface area contributed by atoms with Gasteiger partial charge in [-0.15, -0.1) is 0 Å². The van der Waals surface area contributed by atoms with Crippen LogP contribution < -0.4 is 15.5 Å². The van der Waals surface area contributed by atoms with Crippen molar-refractivity contribution in [2.24, 2.45) is 0 Å². The van der Waals surface area contributed by atoms with Crippen molar-refractivity contribution in [3.8, 4) is 0 Å². The van der Waals surface area contributed by atoms with Crippen LogP contribution in [0.2, 0.25) is 0 Å². The summed E-state index contributed by atoms with van der Waals surface area (Å²) in [6, 6.07) is 5.85. The van der Waals surface area contributed by atoms with E-state index in [4.69, 9.17) is 0 Å². The second kappa shape index (κ2) is 7.85. The zero-order valence-corrected chi connectivity index (χ0v) is 12.7. The van der Waals surface area contributed by atoms with Crippen molar-refractivity contribution >= 4 is 17.3 Å². The van der Waals surface area contributed by atoms with E-state index >= 15 is 0 Å². The predicted octanol–water partition coefficient (Wildman–Crippen LogP) is 2.34. The molecule has 0 saturated heterocycles. The number of amides is 1. The molecule has 0 aliphatic rings. The maximum Gasteiger partial charge on any atom is 0.258 e. The number of anilines is 2. The summed E-state index contributed by atoms with van der Waals surface area (Å²) in [6.45, 7) is 7.84. The third-order valence-electron chi connectivity index (χ3n) is 3.22. The summed E-state index contributed by atoms with van der Waals surface area (Å²) in [5.74, 6) is -0.608. The molecule has 0 radical (unpaired) electrons. The summed E-state index contributed by atoms with van der Waals surface area (Å²) >= 11 is 0. The normalized spacial score (nSPS) is 12.1. The highest BCUT2D eigenvalue weighted by molar-refractivity contribution is 5.94. The van der Waals surface area contributed by atoms with Gasteiger partial charge in [-0.3, -0.25) is 4.79 Å². The molecule has 112 valence electrons. The first-order valence-corrected chi connectivity index (χ1v) is 6.94. The van der Waals surface area contributed by atoms with Gasteiger partial charge in [-0.25, -0.2) is 4.39 Å². The summed E-state index contributed by atoms with van der Waals surface area (Å²) in [5.41, 5.74) is 2.61. The number of hydrogen-bond acceptors (Lipinski definition) is 3. The minimum Gasteiger partial charge on any atom is -0.370 e. The van der Waals surface area contributed by atoms with Crippen molar-refractivity contribution in [2.45, 2.75) is 26.9 Å². The number of alkyl halides is 1. The highest BCUT2D eigenvalue weighted by atomic mass is 19.1. The number of nitrogens with zero attached hydrogens (tertiary/aromatic N) is 1. The maximum atomic E-state index is 13.0. The Kier molecular flexibility index (Phi) is 6.45. The first kappa shape index (κ1) is 16.4. The van der Waals surface area contributed by atoms with Crippen LogP contribution in [0.4, 0.5) is 15.8 Å². The van der Waals surface area contributed by atoms with Gasteiger partial charge in [0.1, 0.15) is 0 Å². The highest BCUT2D eigenvalue weighted by Crippen LogP contribution is 2.23.